The average Bonchev–Trinajstić information content (AvgIpc) is 3.14. The Morgan fingerprint density at radius 3 is 2.45 bits per heavy atom. The number of para-hydroxylation sites is 1. The number of aromatic amines is 1. The van der Waals surface area contributed by atoms with E-state index in [-0.39, 0.29) is 17.5 Å². The van der Waals surface area contributed by atoms with E-state index in [9.17, 15) is 13.4 Å². The summed E-state index contributed by atoms with van der Waals surface area (Å²) in [5, 5.41) is 0.873. The van der Waals surface area contributed by atoms with Crippen molar-refractivity contribution in [2.75, 3.05) is 5.43 Å². The summed E-state index contributed by atoms with van der Waals surface area (Å²) in [4.78, 5) is 16.2. The second kappa shape index (κ2) is 8.71. The molecule has 4 N–H and O–H groups in total. The second-order valence-corrected chi connectivity index (χ2v) is 8.05. The molecule has 0 aliphatic rings. The fourth-order valence-electron chi connectivity index (χ4n) is 3.47. The average molecular weight is 437 g/mol. The van der Waals surface area contributed by atoms with Crippen LogP contribution in [-0.4, -0.2) is 19.7 Å². The first kappa shape index (κ1) is 20.8. The molecule has 158 valence electrons. The van der Waals surface area contributed by atoms with Crippen molar-refractivity contribution < 1.29 is 17.9 Å². The molecule has 1 heterocycles. The molecule has 0 saturated carbocycles. The van der Waals surface area contributed by atoms with Gasteiger partial charge in [0.2, 0.25) is 0 Å². The maximum absolute atomic E-state index is 13.4. The number of benzene rings is 3. The van der Waals surface area contributed by atoms with E-state index in [1.165, 1.54) is 12.1 Å². The minimum absolute atomic E-state index is 0.0437. The van der Waals surface area contributed by atoms with Gasteiger partial charge in [0.05, 0.1) is 11.4 Å². The number of hydrogen-bond donors (Lipinski definition) is 4. The van der Waals surface area contributed by atoms with Crippen molar-refractivity contribution in [2.24, 2.45) is 0 Å². The highest BCUT2D eigenvalue weighted by Crippen LogP contribution is 2.34. The van der Waals surface area contributed by atoms with Crippen LogP contribution in [0.2, 0.25) is 0 Å². The van der Waals surface area contributed by atoms with Gasteiger partial charge in [0.25, 0.3) is 5.91 Å². The first-order chi connectivity index (χ1) is 14.9. The second-order valence-electron chi connectivity index (χ2n) is 7.12. The van der Waals surface area contributed by atoms with E-state index in [0.717, 1.165) is 22.0 Å². The smallest absolute Gasteiger partial charge is 0.286 e. The predicted octanol–water partition coefficient (Wildman–Crippen LogP) is 4.76. The van der Waals surface area contributed by atoms with Crippen LogP contribution in [-0.2, 0) is 16.8 Å². The quantitative estimate of drug-likeness (QED) is 0.258. The van der Waals surface area contributed by atoms with Crippen LogP contribution in [0, 0.1) is 12.7 Å². The van der Waals surface area contributed by atoms with E-state index in [1.54, 1.807) is 36.4 Å². The van der Waals surface area contributed by atoms with Crippen LogP contribution >= 0.6 is 0 Å². The minimum atomic E-state index is -1.91. The number of carbonyl (C=O) groups is 1. The molecule has 31 heavy (non-hydrogen) atoms. The Labute approximate surface area is 180 Å². The van der Waals surface area contributed by atoms with Gasteiger partial charge < -0.3 is 9.54 Å². The van der Waals surface area contributed by atoms with E-state index in [0.29, 0.717) is 22.5 Å². The van der Waals surface area contributed by atoms with E-state index in [2.05, 4.69) is 15.8 Å². The topological polar surface area (TPSA) is 94.2 Å². The lowest BCUT2D eigenvalue weighted by atomic mass is 10.0. The fourth-order valence-corrected chi connectivity index (χ4v) is 3.95. The fraction of sp³-hybridized carbons (Fsp3) is 0.0870. The number of rotatable bonds is 6. The standard InChI is InChI=1S/C23H20FN3O3S/c1-14-3-2-4-19-20(16-7-9-17(24)10-8-16)22(25-21(14)19)23(28)27-26-18-11-5-15(6-12-18)13-31(29)30/h2-12,25-26H,13H2,1H3,(H,27,28)(H,29,30). The number of H-pyrrole nitrogens is 1. The third-order valence-electron chi connectivity index (χ3n) is 4.97. The summed E-state index contributed by atoms with van der Waals surface area (Å²) >= 11 is -1.91. The van der Waals surface area contributed by atoms with Crippen LogP contribution in [0.25, 0.3) is 22.0 Å². The SMILES string of the molecule is Cc1cccc2c(-c3ccc(F)cc3)c(C(=O)NNc3ccc(CS(=O)O)cc3)[nH]c12. The van der Waals surface area contributed by atoms with Gasteiger partial charge >= 0.3 is 0 Å². The summed E-state index contributed by atoms with van der Waals surface area (Å²) in [5.41, 5.74) is 10.5. The molecule has 1 amide bonds. The van der Waals surface area contributed by atoms with Crippen molar-refractivity contribution >= 4 is 33.6 Å². The van der Waals surface area contributed by atoms with Crippen molar-refractivity contribution in [3.8, 4) is 11.1 Å². The molecule has 0 saturated heterocycles. The number of carbonyl (C=O) groups excluding carboxylic acids is 1. The summed E-state index contributed by atoms with van der Waals surface area (Å²) in [7, 11) is 0. The monoisotopic (exact) mass is 437 g/mol. The Balaban J connectivity index is 1.63. The summed E-state index contributed by atoms with van der Waals surface area (Å²) in [6, 6.07) is 18.6. The Morgan fingerprint density at radius 1 is 1.06 bits per heavy atom. The van der Waals surface area contributed by atoms with E-state index < -0.39 is 11.1 Å². The number of amides is 1. The molecule has 4 aromatic rings. The molecule has 6 nitrogen and oxygen atoms in total. The number of halogens is 1. The lowest BCUT2D eigenvalue weighted by Crippen LogP contribution is -2.30. The zero-order valence-corrected chi connectivity index (χ0v) is 17.4. The van der Waals surface area contributed by atoms with Crippen LogP contribution in [0.4, 0.5) is 10.1 Å². The van der Waals surface area contributed by atoms with E-state index in [1.807, 2.05) is 25.1 Å². The van der Waals surface area contributed by atoms with Crippen LogP contribution < -0.4 is 10.9 Å². The van der Waals surface area contributed by atoms with Gasteiger partial charge in [-0.2, -0.15) is 0 Å². The van der Waals surface area contributed by atoms with Crippen molar-refractivity contribution in [3.63, 3.8) is 0 Å². The third-order valence-corrected chi connectivity index (χ3v) is 5.55. The molecule has 0 aliphatic heterocycles. The molecular formula is C23H20FN3O3S. The van der Waals surface area contributed by atoms with Crippen molar-refractivity contribution in [2.45, 2.75) is 12.7 Å². The van der Waals surface area contributed by atoms with Gasteiger partial charge in [-0.05, 0) is 47.9 Å². The highest BCUT2D eigenvalue weighted by Gasteiger charge is 2.20. The molecule has 0 fully saturated rings. The molecular weight excluding hydrogens is 417 g/mol. The molecule has 0 radical (unpaired) electrons. The Morgan fingerprint density at radius 2 is 1.77 bits per heavy atom. The zero-order valence-electron chi connectivity index (χ0n) is 16.6. The maximum Gasteiger partial charge on any atom is 0.286 e. The van der Waals surface area contributed by atoms with Gasteiger partial charge in [-0.3, -0.25) is 15.6 Å². The van der Waals surface area contributed by atoms with Crippen molar-refractivity contribution in [1.29, 1.82) is 0 Å². The normalized spacial score (nSPS) is 12.0. The molecule has 4 rings (SSSR count). The Kier molecular flexibility index (Phi) is 5.83. The predicted molar refractivity (Wildman–Crippen MR) is 120 cm³/mol. The molecule has 0 aliphatic carbocycles. The molecule has 0 spiro atoms. The first-order valence-corrected chi connectivity index (χ1v) is 10.8. The molecule has 3 aromatic carbocycles. The maximum atomic E-state index is 13.4. The molecule has 1 atom stereocenters. The summed E-state index contributed by atoms with van der Waals surface area (Å²) in [6.45, 7) is 1.95. The minimum Gasteiger partial charge on any atom is -0.350 e. The highest BCUT2D eigenvalue weighted by molar-refractivity contribution is 7.78. The number of anilines is 1. The number of hydrazine groups is 1. The Hall–Kier alpha value is -3.49. The van der Waals surface area contributed by atoms with Gasteiger partial charge in [-0.1, -0.05) is 42.5 Å². The van der Waals surface area contributed by atoms with Gasteiger partial charge in [0.1, 0.15) is 11.5 Å². The van der Waals surface area contributed by atoms with E-state index >= 15 is 0 Å². The first-order valence-electron chi connectivity index (χ1n) is 9.52. The lowest BCUT2D eigenvalue weighted by molar-refractivity contribution is 0.0959. The van der Waals surface area contributed by atoms with Crippen LogP contribution in [0.15, 0.2) is 66.7 Å². The van der Waals surface area contributed by atoms with Gasteiger partial charge in [0, 0.05) is 16.5 Å². The number of nitrogens with one attached hydrogen (secondary N) is 3. The lowest BCUT2D eigenvalue weighted by Gasteiger charge is -2.10. The Bertz CT molecular complexity index is 1270. The third kappa shape index (κ3) is 4.50. The summed E-state index contributed by atoms with van der Waals surface area (Å²) < 4.78 is 33.3. The van der Waals surface area contributed by atoms with Gasteiger partial charge in [-0.25, -0.2) is 8.60 Å². The number of hydrogen-bond acceptors (Lipinski definition) is 3. The van der Waals surface area contributed by atoms with Gasteiger partial charge in [0.15, 0.2) is 11.1 Å². The van der Waals surface area contributed by atoms with Crippen molar-refractivity contribution in [3.05, 3.63) is 89.4 Å². The number of fused-ring (bicyclic) bond motifs is 1. The largest absolute Gasteiger partial charge is 0.350 e. The van der Waals surface area contributed by atoms with Crippen LogP contribution in [0.3, 0.4) is 0 Å². The molecule has 1 aromatic heterocycles. The van der Waals surface area contributed by atoms with Crippen molar-refractivity contribution in [1.82, 2.24) is 10.4 Å². The van der Waals surface area contributed by atoms with Crippen LogP contribution in [0.1, 0.15) is 21.6 Å². The number of aromatic nitrogens is 1. The molecule has 0 bridgehead atoms. The molecule has 1 unspecified atom stereocenters. The van der Waals surface area contributed by atoms with Gasteiger partial charge in [-0.15, -0.1) is 0 Å². The molecule has 8 heteroatoms. The van der Waals surface area contributed by atoms with E-state index in [4.69, 9.17) is 4.55 Å². The summed E-state index contributed by atoms with van der Waals surface area (Å²) in [6.07, 6.45) is 0. The highest BCUT2D eigenvalue weighted by atomic mass is 32.2. The zero-order chi connectivity index (χ0) is 22.0. The van der Waals surface area contributed by atoms with Crippen LogP contribution in [0.5, 0.6) is 0 Å². The number of aryl methyl sites for hydroxylation is 1. The summed E-state index contributed by atoms with van der Waals surface area (Å²) in [5.74, 6) is -0.682.